The summed E-state index contributed by atoms with van der Waals surface area (Å²) < 4.78 is 6.55. The van der Waals surface area contributed by atoms with Gasteiger partial charge in [0.2, 0.25) is 0 Å². The smallest absolute Gasteiger partial charge is 0.104 e. The van der Waals surface area contributed by atoms with E-state index in [4.69, 9.17) is 4.74 Å². The van der Waals surface area contributed by atoms with E-state index in [0.717, 1.165) is 18.1 Å². The molecule has 0 amide bonds. The summed E-state index contributed by atoms with van der Waals surface area (Å²) in [6, 6.07) is 2.48. The van der Waals surface area contributed by atoms with Gasteiger partial charge in [-0.25, -0.2) is 0 Å². The van der Waals surface area contributed by atoms with Crippen LogP contribution >= 0.6 is 0 Å². The Morgan fingerprint density at radius 2 is 1.96 bits per heavy atom. The van der Waals surface area contributed by atoms with Crippen molar-refractivity contribution in [2.24, 2.45) is 28.1 Å². The van der Waals surface area contributed by atoms with E-state index in [0.29, 0.717) is 11.5 Å². The van der Waals surface area contributed by atoms with Gasteiger partial charge in [0, 0.05) is 17.8 Å². The molecule has 2 fully saturated rings. The predicted octanol–water partition coefficient (Wildman–Crippen LogP) is 5.62. The van der Waals surface area contributed by atoms with Crippen molar-refractivity contribution in [2.45, 2.75) is 73.3 Å². The summed E-state index contributed by atoms with van der Waals surface area (Å²) >= 11 is 0. The Balaban J connectivity index is 1.77. The van der Waals surface area contributed by atoms with Gasteiger partial charge in [0.1, 0.15) is 6.10 Å². The summed E-state index contributed by atoms with van der Waals surface area (Å²) in [5.74, 6) is 2.13. The summed E-state index contributed by atoms with van der Waals surface area (Å²) in [5, 5.41) is 9.49. The van der Waals surface area contributed by atoms with Crippen molar-refractivity contribution in [1.82, 2.24) is 0 Å². The molecule has 3 rings (SSSR count). The van der Waals surface area contributed by atoms with E-state index < -0.39 is 0 Å². The highest BCUT2D eigenvalue weighted by Gasteiger charge is 2.62. The fourth-order valence-electron chi connectivity index (χ4n) is 5.25. The van der Waals surface area contributed by atoms with E-state index in [-0.39, 0.29) is 16.7 Å². The first-order chi connectivity index (χ1) is 10.6. The van der Waals surface area contributed by atoms with E-state index in [9.17, 15) is 5.26 Å². The van der Waals surface area contributed by atoms with Gasteiger partial charge >= 0.3 is 0 Å². The van der Waals surface area contributed by atoms with Crippen molar-refractivity contribution in [3.8, 4) is 6.07 Å². The summed E-state index contributed by atoms with van der Waals surface area (Å²) in [6.45, 7) is 13.5. The van der Waals surface area contributed by atoms with Gasteiger partial charge < -0.3 is 4.74 Å². The highest BCUT2D eigenvalue weighted by molar-refractivity contribution is 5.27. The largest absolute Gasteiger partial charge is 0.494 e. The quantitative estimate of drug-likeness (QED) is 0.677. The Kier molecular flexibility index (Phi) is 3.71. The third kappa shape index (κ3) is 2.35. The average molecular weight is 313 g/mol. The third-order valence-corrected chi connectivity index (χ3v) is 7.65. The Bertz CT molecular complexity index is 604. The lowest BCUT2D eigenvalue weighted by atomic mass is 9.69. The lowest BCUT2D eigenvalue weighted by molar-refractivity contribution is -0.0181. The first-order valence-electron chi connectivity index (χ1n) is 9.07. The maximum atomic E-state index is 9.49. The molecule has 3 aliphatic rings. The van der Waals surface area contributed by atoms with Gasteiger partial charge in [-0.2, -0.15) is 5.26 Å². The van der Waals surface area contributed by atoms with Crippen LogP contribution in [0.1, 0.15) is 67.2 Å². The molecule has 23 heavy (non-hydrogen) atoms. The summed E-state index contributed by atoms with van der Waals surface area (Å²) in [4.78, 5) is 0. The minimum Gasteiger partial charge on any atom is -0.494 e. The second-order valence-corrected chi connectivity index (χ2v) is 9.35. The molecular weight excluding hydrogens is 282 g/mol. The highest BCUT2D eigenvalue weighted by atomic mass is 16.5. The van der Waals surface area contributed by atoms with Crippen LogP contribution in [0.2, 0.25) is 0 Å². The molecule has 0 aliphatic heterocycles. The molecule has 0 spiro atoms. The SMILES string of the molecule is CC1=CC=C(O[C@@H]2C[C@@H]3CC[C@@]2(C)C3(C)C)C[C@@H]1C(C)(C)C#N. The van der Waals surface area contributed by atoms with Crippen molar-refractivity contribution in [3.63, 3.8) is 0 Å². The number of rotatable bonds is 3. The van der Waals surface area contributed by atoms with Crippen LogP contribution in [0.15, 0.2) is 23.5 Å². The number of hydrogen-bond acceptors (Lipinski definition) is 2. The number of allylic oxidation sites excluding steroid dienone is 4. The predicted molar refractivity (Wildman–Crippen MR) is 93.4 cm³/mol. The number of hydrogen-bond donors (Lipinski definition) is 0. The molecule has 2 bridgehead atoms. The fraction of sp³-hybridized carbons (Fsp3) is 0.762. The Hall–Kier alpha value is -1.23. The Morgan fingerprint density at radius 1 is 1.26 bits per heavy atom. The summed E-state index contributed by atoms with van der Waals surface area (Å²) in [7, 11) is 0. The number of nitriles is 1. The Labute approximate surface area is 141 Å². The second-order valence-electron chi connectivity index (χ2n) is 9.35. The fourth-order valence-corrected chi connectivity index (χ4v) is 5.25. The third-order valence-electron chi connectivity index (χ3n) is 7.65. The molecule has 0 unspecified atom stereocenters. The van der Waals surface area contributed by atoms with Crippen LogP contribution in [-0.4, -0.2) is 6.10 Å². The average Bonchev–Trinajstić information content (AvgIpc) is 2.82. The summed E-state index contributed by atoms with van der Waals surface area (Å²) in [5.41, 5.74) is 1.61. The molecule has 3 aliphatic carbocycles. The zero-order valence-electron chi connectivity index (χ0n) is 15.6. The van der Waals surface area contributed by atoms with E-state index in [1.807, 2.05) is 13.8 Å². The molecular formula is C21H31NO. The van der Waals surface area contributed by atoms with E-state index in [1.54, 1.807) is 0 Å². The van der Waals surface area contributed by atoms with Crippen molar-refractivity contribution >= 4 is 0 Å². The molecule has 0 heterocycles. The molecule has 126 valence electrons. The van der Waals surface area contributed by atoms with Gasteiger partial charge in [0.15, 0.2) is 0 Å². The van der Waals surface area contributed by atoms with Crippen LogP contribution < -0.4 is 0 Å². The molecule has 2 saturated carbocycles. The van der Waals surface area contributed by atoms with Crippen LogP contribution in [0.5, 0.6) is 0 Å². The lowest BCUT2D eigenvalue weighted by Gasteiger charge is -2.40. The van der Waals surface area contributed by atoms with Crippen LogP contribution in [0.25, 0.3) is 0 Å². The van der Waals surface area contributed by atoms with Crippen molar-refractivity contribution < 1.29 is 4.74 Å². The minimum atomic E-state index is -0.346. The molecule has 0 N–H and O–H groups in total. The monoisotopic (exact) mass is 313 g/mol. The molecule has 0 saturated heterocycles. The van der Waals surface area contributed by atoms with Crippen LogP contribution in [-0.2, 0) is 4.74 Å². The van der Waals surface area contributed by atoms with E-state index >= 15 is 0 Å². The lowest BCUT2D eigenvalue weighted by Crippen LogP contribution is -2.37. The first-order valence-corrected chi connectivity index (χ1v) is 9.07. The van der Waals surface area contributed by atoms with Crippen LogP contribution in [0, 0.1) is 39.4 Å². The van der Waals surface area contributed by atoms with Crippen LogP contribution in [0.4, 0.5) is 0 Å². The van der Waals surface area contributed by atoms with Crippen molar-refractivity contribution in [2.75, 3.05) is 0 Å². The van der Waals surface area contributed by atoms with Gasteiger partial charge in [-0.15, -0.1) is 0 Å². The number of fused-ring (bicyclic) bond motifs is 2. The minimum absolute atomic E-state index is 0.256. The van der Waals surface area contributed by atoms with Gasteiger partial charge in [-0.3, -0.25) is 0 Å². The standard InChI is InChI=1S/C21H31NO/c1-14-7-8-16(12-17(14)19(2,3)13-22)23-18-11-15-9-10-21(18,6)20(15,4)5/h7-8,15,17-18H,9-12H2,1-6H3/t15-,17-,18+,21+/m0/s1. The molecule has 0 aromatic carbocycles. The first kappa shape index (κ1) is 16.6. The van der Waals surface area contributed by atoms with Crippen LogP contribution in [0.3, 0.4) is 0 Å². The van der Waals surface area contributed by atoms with E-state index in [2.05, 4.69) is 45.9 Å². The second kappa shape index (κ2) is 5.13. The Morgan fingerprint density at radius 3 is 2.48 bits per heavy atom. The van der Waals surface area contributed by atoms with Crippen molar-refractivity contribution in [3.05, 3.63) is 23.5 Å². The maximum absolute atomic E-state index is 9.49. The maximum Gasteiger partial charge on any atom is 0.104 e. The highest BCUT2D eigenvalue weighted by Crippen LogP contribution is 2.66. The number of ether oxygens (including phenoxy) is 1. The molecule has 0 radical (unpaired) electrons. The molecule has 0 aromatic rings. The van der Waals surface area contributed by atoms with Gasteiger partial charge in [-0.1, -0.05) is 32.4 Å². The molecule has 0 aromatic heterocycles. The van der Waals surface area contributed by atoms with Gasteiger partial charge in [-0.05, 0) is 57.4 Å². The zero-order valence-corrected chi connectivity index (χ0v) is 15.6. The normalized spacial score (nSPS) is 38.7. The van der Waals surface area contributed by atoms with E-state index in [1.165, 1.54) is 24.8 Å². The molecule has 2 nitrogen and oxygen atoms in total. The van der Waals surface area contributed by atoms with Crippen molar-refractivity contribution in [1.29, 1.82) is 5.26 Å². The number of nitrogens with zero attached hydrogens (tertiary/aromatic N) is 1. The summed E-state index contributed by atoms with van der Waals surface area (Å²) in [6.07, 6.45) is 9.32. The molecule has 4 atom stereocenters. The van der Waals surface area contributed by atoms with Gasteiger partial charge in [0.25, 0.3) is 0 Å². The van der Waals surface area contributed by atoms with Gasteiger partial charge in [0.05, 0.1) is 17.2 Å². The molecule has 2 heteroatoms. The zero-order chi connectivity index (χ0) is 17.0. The topological polar surface area (TPSA) is 33.0 Å².